The van der Waals surface area contributed by atoms with Crippen LogP contribution >= 0.6 is 58.0 Å². The van der Waals surface area contributed by atoms with Gasteiger partial charge in [0.2, 0.25) is 5.91 Å². The van der Waals surface area contributed by atoms with Crippen LogP contribution in [0.3, 0.4) is 0 Å². The molecule has 1 aliphatic carbocycles. The lowest BCUT2D eigenvalue weighted by molar-refractivity contribution is -0.124. The summed E-state index contributed by atoms with van der Waals surface area (Å²) in [6.07, 6.45) is 0.664. The summed E-state index contributed by atoms with van der Waals surface area (Å²) in [6, 6.07) is 5.67. The molecule has 2 aromatic rings. The second kappa shape index (κ2) is 11.2. The van der Waals surface area contributed by atoms with Crippen LogP contribution in [0, 0.1) is 11.7 Å². The number of hydrogen-bond acceptors (Lipinski definition) is 3. The van der Waals surface area contributed by atoms with E-state index in [2.05, 4.69) is 17.2 Å². The molecule has 0 aromatic heterocycles. The first kappa shape index (κ1) is 28.0. The van der Waals surface area contributed by atoms with Gasteiger partial charge in [0.25, 0.3) is 5.91 Å². The van der Waals surface area contributed by atoms with Gasteiger partial charge in [-0.2, -0.15) is 0 Å². The number of anilines is 2. The Morgan fingerprint density at radius 3 is 2.34 bits per heavy atom. The number of amides is 2. The second-order valence-corrected chi connectivity index (χ2v) is 10.5. The molecule has 35 heavy (non-hydrogen) atoms. The van der Waals surface area contributed by atoms with Crippen LogP contribution in [0.1, 0.15) is 30.9 Å². The predicted molar refractivity (Wildman–Crippen MR) is 141 cm³/mol. The molecular formula is C24H22Cl5FN2O3. The number of rotatable bonds is 9. The maximum Gasteiger partial charge on any atom is 0.257 e. The summed E-state index contributed by atoms with van der Waals surface area (Å²) in [4.78, 5) is 25.7. The SMILES string of the molecule is C=CC(OCC)C(=O)Nc1c(F)ccc(NC(=O)[C@H]2[C@H](c3cc(Cl)c(Cl)c(Cl)c3)C2(Cl)Cl)c1CC. The first-order valence-corrected chi connectivity index (χ1v) is 12.6. The Bertz CT molecular complexity index is 1150. The number of carbonyl (C=O) groups is 2. The fourth-order valence-electron chi connectivity index (χ4n) is 3.90. The van der Waals surface area contributed by atoms with E-state index in [0.29, 0.717) is 23.2 Å². The van der Waals surface area contributed by atoms with Crippen molar-refractivity contribution in [1.82, 2.24) is 0 Å². The Morgan fingerprint density at radius 2 is 1.80 bits per heavy atom. The van der Waals surface area contributed by atoms with Crippen LogP contribution in [0.25, 0.3) is 0 Å². The topological polar surface area (TPSA) is 67.4 Å². The van der Waals surface area contributed by atoms with Crippen molar-refractivity contribution in [2.75, 3.05) is 17.2 Å². The van der Waals surface area contributed by atoms with Crippen molar-refractivity contribution >= 4 is 81.2 Å². The van der Waals surface area contributed by atoms with Crippen LogP contribution < -0.4 is 10.6 Å². The molecule has 1 unspecified atom stereocenters. The molecule has 1 aliphatic rings. The van der Waals surface area contributed by atoms with Crippen molar-refractivity contribution in [3.63, 3.8) is 0 Å². The molecule has 0 spiro atoms. The molecule has 1 saturated carbocycles. The van der Waals surface area contributed by atoms with E-state index in [1.807, 2.05) is 0 Å². The monoisotopic (exact) mass is 580 g/mol. The third kappa shape index (κ3) is 5.74. The second-order valence-electron chi connectivity index (χ2n) is 7.82. The third-order valence-corrected chi connectivity index (χ3v) is 7.78. The van der Waals surface area contributed by atoms with Crippen LogP contribution in [0.15, 0.2) is 36.9 Å². The summed E-state index contributed by atoms with van der Waals surface area (Å²) in [5.41, 5.74) is 1.19. The zero-order chi connectivity index (χ0) is 26.1. The summed E-state index contributed by atoms with van der Waals surface area (Å²) in [6.45, 7) is 7.33. The Kier molecular flexibility index (Phi) is 9.01. The molecule has 2 N–H and O–H groups in total. The molecule has 188 valence electrons. The Labute approximate surface area is 227 Å². The largest absolute Gasteiger partial charge is 0.365 e. The van der Waals surface area contributed by atoms with Gasteiger partial charge in [0.05, 0.1) is 26.7 Å². The third-order valence-electron chi connectivity index (χ3n) is 5.64. The summed E-state index contributed by atoms with van der Waals surface area (Å²) in [5, 5.41) is 5.90. The number of halogens is 6. The Morgan fingerprint density at radius 1 is 1.17 bits per heavy atom. The summed E-state index contributed by atoms with van der Waals surface area (Å²) in [7, 11) is 0. The van der Waals surface area contributed by atoms with Crippen LogP contribution in [-0.4, -0.2) is 28.9 Å². The van der Waals surface area contributed by atoms with E-state index in [1.165, 1.54) is 12.1 Å². The van der Waals surface area contributed by atoms with Crippen LogP contribution in [0.2, 0.25) is 15.1 Å². The van der Waals surface area contributed by atoms with Crippen molar-refractivity contribution in [3.05, 3.63) is 68.9 Å². The van der Waals surface area contributed by atoms with Gasteiger partial charge in [0.15, 0.2) is 6.10 Å². The fourth-order valence-corrected chi connectivity index (χ4v) is 5.34. The normalized spacial score (nSPS) is 19.1. The molecule has 1 fully saturated rings. The van der Waals surface area contributed by atoms with Gasteiger partial charge in [-0.15, -0.1) is 23.2 Å². The van der Waals surface area contributed by atoms with Gasteiger partial charge >= 0.3 is 0 Å². The summed E-state index contributed by atoms with van der Waals surface area (Å²) < 4.78 is 18.6. The molecule has 3 rings (SSSR count). The van der Waals surface area contributed by atoms with Gasteiger partial charge in [-0.3, -0.25) is 9.59 Å². The molecule has 0 saturated heterocycles. The lowest BCUT2D eigenvalue weighted by atomic mass is 10.1. The van der Waals surface area contributed by atoms with Crippen molar-refractivity contribution in [3.8, 4) is 0 Å². The number of ether oxygens (including phenoxy) is 1. The van der Waals surface area contributed by atoms with Crippen LogP contribution in [-0.2, 0) is 20.7 Å². The smallest absolute Gasteiger partial charge is 0.257 e. The molecule has 3 atom stereocenters. The van der Waals surface area contributed by atoms with Gasteiger partial charge < -0.3 is 15.4 Å². The van der Waals surface area contributed by atoms with Crippen LogP contribution in [0.4, 0.5) is 15.8 Å². The van der Waals surface area contributed by atoms with Gasteiger partial charge in [0, 0.05) is 23.8 Å². The molecule has 2 aromatic carbocycles. The molecular weight excluding hydrogens is 561 g/mol. The summed E-state index contributed by atoms with van der Waals surface area (Å²) >= 11 is 31.1. The van der Waals surface area contributed by atoms with Gasteiger partial charge in [-0.05, 0) is 43.2 Å². The number of hydrogen-bond donors (Lipinski definition) is 2. The average Bonchev–Trinajstić information content (AvgIpc) is 3.39. The minimum atomic E-state index is -1.41. The highest BCUT2D eigenvalue weighted by Crippen LogP contribution is 2.65. The average molecular weight is 583 g/mol. The predicted octanol–water partition coefficient (Wildman–Crippen LogP) is 7.40. The van der Waals surface area contributed by atoms with E-state index in [-0.39, 0.29) is 27.4 Å². The molecule has 5 nitrogen and oxygen atoms in total. The molecule has 0 heterocycles. The number of carbonyl (C=O) groups excluding carboxylic acids is 2. The van der Waals surface area contributed by atoms with Crippen molar-refractivity contribution in [2.45, 2.75) is 36.6 Å². The first-order chi connectivity index (χ1) is 16.5. The molecule has 0 radical (unpaired) electrons. The van der Waals surface area contributed by atoms with E-state index in [0.717, 1.165) is 6.07 Å². The van der Waals surface area contributed by atoms with Crippen molar-refractivity contribution < 1.29 is 18.7 Å². The molecule has 11 heteroatoms. The van der Waals surface area contributed by atoms with E-state index >= 15 is 0 Å². The first-order valence-electron chi connectivity index (χ1n) is 10.7. The van der Waals surface area contributed by atoms with Crippen molar-refractivity contribution in [1.29, 1.82) is 0 Å². The van der Waals surface area contributed by atoms with Gasteiger partial charge in [-0.1, -0.05) is 54.4 Å². The fraction of sp³-hybridized carbons (Fsp3) is 0.333. The molecule has 2 amide bonds. The van der Waals surface area contributed by atoms with Crippen molar-refractivity contribution in [2.24, 2.45) is 5.92 Å². The lowest BCUT2D eigenvalue weighted by Gasteiger charge is -2.18. The Hall–Kier alpha value is -1.54. The van der Waals surface area contributed by atoms with E-state index in [4.69, 9.17) is 62.7 Å². The quantitative estimate of drug-likeness (QED) is 0.184. The van der Waals surface area contributed by atoms with Crippen LogP contribution in [0.5, 0.6) is 0 Å². The maximum atomic E-state index is 14.7. The highest BCUT2D eigenvalue weighted by molar-refractivity contribution is 6.54. The maximum absolute atomic E-state index is 14.7. The molecule has 0 bridgehead atoms. The highest BCUT2D eigenvalue weighted by atomic mass is 35.5. The molecule has 0 aliphatic heterocycles. The minimum absolute atomic E-state index is 0.0616. The van der Waals surface area contributed by atoms with Gasteiger partial charge in [-0.25, -0.2) is 4.39 Å². The van der Waals surface area contributed by atoms with E-state index in [1.54, 1.807) is 26.0 Å². The number of alkyl halides is 2. The lowest BCUT2D eigenvalue weighted by Crippen LogP contribution is -2.29. The standard InChI is InChI=1S/C24H22Cl5FN2O3/c1-4-12-16(8-7-15(30)21(12)32-22(33)17(5-2)35-6-3)31-23(34)19-18(24(19,28)29)11-9-13(25)20(27)14(26)10-11/h5,7-10,17-19H,2,4,6H2,1,3H3,(H,31,34)(H,32,33)/t17?,18-,19+/m0/s1. The minimum Gasteiger partial charge on any atom is -0.365 e. The zero-order valence-corrected chi connectivity index (χ0v) is 22.5. The van der Waals surface area contributed by atoms with E-state index < -0.39 is 39.9 Å². The Balaban J connectivity index is 1.86. The summed E-state index contributed by atoms with van der Waals surface area (Å²) in [5.74, 6) is -3.17. The van der Waals surface area contributed by atoms with Gasteiger partial charge in [0.1, 0.15) is 10.2 Å². The zero-order valence-electron chi connectivity index (χ0n) is 18.7. The number of benzene rings is 2. The number of nitrogens with one attached hydrogen (secondary N) is 2. The highest BCUT2D eigenvalue weighted by Gasteiger charge is 2.67. The van der Waals surface area contributed by atoms with E-state index in [9.17, 15) is 14.0 Å².